The number of ether oxygens (including phenoxy) is 1. The number of fused-ring (bicyclic) bond motifs is 3. The molecule has 0 radical (unpaired) electrons. The molecule has 2 aromatic rings. The molecule has 0 unspecified atom stereocenters. The summed E-state index contributed by atoms with van der Waals surface area (Å²) in [6, 6.07) is 15.0. The Balaban J connectivity index is 0.945. The SMILES string of the molecule is O=CNc1cc([C@@H](O)CNCCCCCCCCC[N+]23CCC(CC2)[C@@H](OC[C@@](O)(c2ccccc2)C2CCCC2)C3)ccc1O. The summed E-state index contributed by atoms with van der Waals surface area (Å²) in [5, 5.41) is 38.0. The van der Waals surface area contributed by atoms with Crippen LogP contribution in [0.5, 0.6) is 5.75 Å². The van der Waals surface area contributed by atoms with Gasteiger partial charge >= 0.3 is 0 Å². The summed E-state index contributed by atoms with van der Waals surface area (Å²) in [6.45, 7) is 6.69. The zero-order chi connectivity index (χ0) is 32.2. The largest absolute Gasteiger partial charge is 0.506 e. The number of aliphatic hydroxyl groups is 2. The highest BCUT2D eigenvalue weighted by molar-refractivity contribution is 5.75. The van der Waals surface area contributed by atoms with Crippen LogP contribution in [0, 0.1) is 11.8 Å². The third kappa shape index (κ3) is 9.10. The topological polar surface area (TPSA) is 111 Å². The number of aromatic hydroxyl groups is 1. The zero-order valence-corrected chi connectivity index (χ0v) is 27.8. The number of amides is 1. The Morgan fingerprint density at radius 2 is 1.63 bits per heavy atom. The molecule has 1 saturated carbocycles. The van der Waals surface area contributed by atoms with E-state index in [1.165, 1.54) is 94.4 Å². The molecule has 0 spiro atoms. The van der Waals surface area contributed by atoms with Crippen molar-refractivity contribution >= 4 is 12.1 Å². The standard InChI is InChI=1S/C38H57N3O5/c42-29-40-34-25-31(17-18-35(34)43)36(44)26-39-21-11-4-2-1-3-5-12-22-41-23-19-30(20-24-41)37(27-41)46-28-38(45,33-15-9-10-16-33)32-13-7-6-8-14-32/h6-8,13-14,17-18,25,29-30,33,36-37,39,44-45H,1-5,9-12,15-16,19-24,26-28H2,(H-,40,42,43)/p+1/t30?,36-,37-,38+,41?/m0/s1. The second-order valence-electron chi connectivity index (χ2n) is 14.4. The predicted molar refractivity (Wildman–Crippen MR) is 182 cm³/mol. The van der Waals surface area contributed by atoms with Gasteiger partial charge in [-0.25, -0.2) is 0 Å². The minimum absolute atomic E-state index is 0.0159. The fourth-order valence-corrected chi connectivity index (χ4v) is 8.40. The summed E-state index contributed by atoms with van der Waals surface area (Å²) >= 11 is 0. The molecule has 0 aromatic heterocycles. The maximum absolute atomic E-state index is 12.0. The van der Waals surface area contributed by atoms with Crippen molar-refractivity contribution in [1.82, 2.24) is 5.32 Å². The smallest absolute Gasteiger partial charge is 0.211 e. The van der Waals surface area contributed by atoms with Crippen LogP contribution in [-0.4, -0.2) is 78.2 Å². The molecule has 1 aliphatic carbocycles. The second-order valence-corrected chi connectivity index (χ2v) is 14.4. The van der Waals surface area contributed by atoms with Gasteiger partial charge in [0.05, 0.1) is 38.0 Å². The van der Waals surface area contributed by atoms with Crippen molar-refractivity contribution in [3.63, 3.8) is 0 Å². The lowest BCUT2D eigenvalue weighted by Crippen LogP contribution is -2.64. The van der Waals surface area contributed by atoms with E-state index in [4.69, 9.17) is 4.74 Å². The number of hydrogen-bond donors (Lipinski definition) is 5. The van der Waals surface area contributed by atoms with E-state index >= 15 is 0 Å². The molecule has 1 amide bonds. The quantitative estimate of drug-likeness (QED) is 0.0527. The number of nitrogens with one attached hydrogen (secondary N) is 2. The van der Waals surface area contributed by atoms with Crippen molar-refractivity contribution in [1.29, 1.82) is 0 Å². The third-order valence-electron chi connectivity index (χ3n) is 11.3. The van der Waals surface area contributed by atoms with Crippen molar-refractivity contribution in [3.8, 4) is 5.75 Å². The van der Waals surface area contributed by atoms with Gasteiger partial charge in [0, 0.05) is 25.3 Å². The summed E-state index contributed by atoms with van der Waals surface area (Å²) in [4.78, 5) is 10.7. The fraction of sp³-hybridized carbons (Fsp3) is 0.658. The van der Waals surface area contributed by atoms with Crippen LogP contribution < -0.4 is 10.6 Å². The lowest BCUT2D eigenvalue weighted by atomic mass is 9.80. The van der Waals surface area contributed by atoms with Crippen molar-refractivity contribution in [2.75, 3.05) is 51.2 Å². The van der Waals surface area contributed by atoms with Gasteiger partial charge in [-0.05, 0) is 67.8 Å². The summed E-state index contributed by atoms with van der Waals surface area (Å²) in [6.07, 6.45) is 15.9. The molecule has 8 heteroatoms. The van der Waals surface area contributed by atoms with E-state index in [9.17, 15) is 20.1 Å². The van der Waals surface area contributed by atoms with E-state index in [0.29, 0.717) is 42.6 Å². The molecule has 3 aliphatic heterocycles. The van der Waals surface area contributed by atoms with Crippen molar-refractivity contribution in [2.24, 2.45) is 11.8 Å². The molecule has 46 heavy (non-hydrogen) atoms. The number of hydrogen-bond acceptors (Lipinski definition) is 6. The highest BCUT2D eigenvalue weighted by Crippen LogP contribution is 2.42. The van der Waals surface area contributed by atoms with Crippen molar-refractivity contribution in [2.45, 2.75) is 101 Å². The van der Waals surface area contributed by atoms with Crippen LogP contribution in [0.4, 0.5) is 5.69 Å². The normalized spacial score (nSPS) is 24.9. The Morgan fingerprint density at radius 1 is 0.935 bits per heavy atom. The number of piperidine rings is 3. The van der Waals surface area contributed by atoms with Crippen LogP contribution in [0.15, 0.2) is 48.5 Å². The monoisotopic (exact) mass is 636 g/mol. The first-order valence-corrected chi connectivity index (χ1v) is 18.1. The number of benzene rings is 2. The number of phenolic OH excluding ortho intramolecular Hbond substituents is 1. The summed E-state index contributed by atoms with van der Waals surface area (Å²) in [5.74, 6) is 0.924. The van der Waals surface area contributed by atoms with Gasteiger partial charge in [-0.2, -0.15) is 0 Å². The number of aliphatic hydroxyl groups excluding tert-OH is 1. The highest BCUT2D eigenvalue weighted by Gasteiger charge is 2.48. The van der Waals surface area contributed by atoms with Gasteiger partial charge < -0.3 is 35.2 Å². The van der Waals surface area contributed by atoms with Crippen molar-refractivity contribution in [3.05, 3.63) is 59.7 Å². The fourth-order valence-electron chi connectivity index (χ4n) is 8.40. The summed E-state index contributed by atoms with van der Waals surface area (Å²) in [5.41, 5.74) is 1.11. The first-order valence-electron chi connectivity index (χ1n) is 18.1. The minimum Gasteiger partial charge on any atom is -0.506 e. The van der Waals surface area contributed by atoms with Gasteiger partial charge in [-0.15, -0.1) is 0 Å². The number of unbranched alkanes of at least 4 members (excludes halogenated alkanes) is 6. The van der Waals surface area contributed by atoms with Crippen LogP contribution in [0.2, 0.25) is 0 Å². The minimum atomic E-state index is -0.875. The molecular formula is C38H58N3O5+. The maximum Gasteiger partial charge on any atom is 0.211 e. The molecule has 4 fully saturated rings. The molecule has 2 aromatic carbocycles. The Hall–Kier alpha value is -2.49. The molecule has 254 valence electrons. The number of quaternary nitrogens is 1. The Labute approximate surface area is 276 Å². The van der Waals surface area contributed by atoms with E-state index in [2.05, 4.69) is 22.8 Å². The van der Waals surface area contributed by atoms with E-state index in [-0.39, 0.29) is 11.9 Å². The average molecular weight is 637 g/mol. The average Bonchev–Trinajstić information content (AvgIpc) is 3.64. The summed E-state index contributed by atoms with van der Waals surface area (Å²) < 4.78 is 7.93. The number of nitrogens with zero attached hydrogens (tertiary/aromatic N) is 1. The molecule has 3 atom stereocenters. The zero-order valence-electron chi connectivity index (χ0n) is 27.8. The van der Waals surface area contributed by atoms with E-state index in [1.54, 1.807) is 12.1 Å². The van der Waals surface area contributed by atoms with Crippen LogP contribution in [0.3, 0.4) is 0 Å². The molecule has 4 aliphatic rings. The van der Waals surface area contributed by atoms with Gasteiger partial charge in [0.2, 0.25) is 6.41 Å². The molecule has 3 saturated heterocycles. The van der Waals surface area contributed by atoms with Crippen LogP contribution in [0.1, 0.15) is 101 Å². The predicted octanol–water partition coefficient (Wildman–Crippen LogP) is 6.02. The van der Waals surface area contributed by atoms with Crippen molar-refractivity contribution < 1.29 is 29.3 Å². The van der Waals surface area contributed by atoms with Gasteiger partial charge in [0.15, 0.2) is 0 Å². The molecular weight excluding hydrogens is 578 g/mol. The molecule has 6 rings (SSSR count). The van der Waals surface area contributed by atoms with E-state index < -0.39 is 11.7 Å². The van der Waals surface area contributed by atoms with Gasteiger partial charge in [0.25, 0.3) is 0 Å². The molecule has 3 heterocycles. The van der Waals surface area contributed by atoms with Gasteiger partial charge in [-0.1, -0.05) is 74.9 Å². The molecule has 8 nitrogen and oxygen atoms in total. The Kier molecular flexibility index (Phi) is 12.9. The number of anilines is 1. The number of carbonyl (C=O) groups is 1. The first-order chi connectivity index (χ1) is 22.4. The number of rotatable bonds is 20. The Bertz CT molecular complexity index is 1200. The van der Waals surface area contributed by atoms with Crippen LogP contribution >= 0.6 is 0 Å². The number of phenols is 1. The lowest BCUT2D eigenvalue weighted by Gasteiger charge is -2.53. The van der Waals surface area contributed by atoms with Gasteiger partial charge in [-0.3, -0.25) is 4.79 Å². The third-order valence-corrected chi connectivity index (χ3v) is 11.3. The second kappa shape index (κ2) is 17.1. The van der Waals surface area contributed by atoms with Gasteiger partial charge in [0.1, 0.15) is 24.0 Å². The van der Waals surface area contributed by atoms with Crippen LogP contribution in [0.25, 0.3) is 0 Å². The van der Waals surface area contributed by atoms with E-state index in [1.807, 2.05) is 18.2 Å². The molecule has 5 N–H and O–H groups in total. The Morgan fingerprint density at radius 3 is 2.35 bits per heavy atom. The first kappa shape index (κ1) is 34.8. The van der Waals surface area contributed by atoms with Crippen LogP contribution in [-0.2, 0) is 15.1 Å². The maximum atomic E-state index is 12.0. The highest BCUT2D eigenvalue weighted by atomic mass is 16.5. The number of carbonyl (C=O) groups excluding carboxylic acids is 1. The lowest BCUT2D eigenvalue weighted by molar-refractivity contribution is -0.946. The molecule has 2 bridgehead atoms. The summed E-state index contributed by atoms with van der Waals surface area (Å²) in [7, 11) is 0. The van der Waals surface area contributed by atoms with E-state index in [0.717, 1.165) is 37.9 Å².